The summed E-state index contributed by atoms with van der Waals surface area (Å²) >= 11 is 0. The zero-order chi connectivity index (χ0) is 32.1. The molecule has 3 N–H and O–H groups in total. The number of amides is 2. The number of hydrogen-bond acceptors (Lipinski definition) is 7. The summed E-state index contributed by atoms with van der Waals surface area (Å²) in [6.07, 6.45) is 0.545. The van der Waals surface area contributed by atoms with Crippen LogP contribution in [0.15, 0.2) is 109 Å². The van der Waals surface area contributed by atoms with Crippen LogP contribution in [-0.2, 0) is 20.7 Å². The average molecular weight is 619 g/mol. The molecule has 3 atom stereocenters. The van der Waals surface area contributed by atoms with Crippen molar-refractivity contribution in [3.63, 3.8) is 0 Å². The maximum Gasteiger partial charge on any atom is 0.407 e. The lowest BCUT2D eigenvalue weighted by molar-refractivity contribution is -0.118. The molecule has 1 aliphatic heterocycles. The number of alkyl carbamates (subject to hydrolysis) is 1. The number of anilines is 1. The first-order chi connectivity index (χ1) is 22.5. The molecule has 4 aromatic carbocycles. The average Bonchev–Trinajstić information content (AvgIpc) is 3.11. The number of para-hydroxylation sites is 1. The van der Waals surface area contributed by atoms with Gasteiger partial charge in [0, 0.05) is 24.7 Å². The van der Waals surface area contributed by atoms with Gasteiger partial charge < -0.3 is 30.2 Å². The maximum absolute atomic E-state index is 14.0. The molecule has 0 aromatic heterocycles. The van der Waals surface area contributed by atoms with Crippen LogP contribution in [0.1, 0.15) is 34.6 Å². The zero-order valence-electron chi connectivity index (χ0n) is 25.7. The zero-order valence-corrected chi connectivity index (χ0v) is 25.7. The maximum atomic E-state index is 14.0. The third-order valence-corrected chi connectivity index (χ3v) is 7.95. The van der Waals surface area contributed by atoms with Crippen LogP contribution in [0.25, 0.3) is 0 Å². The summed E-state index contributed by atoms with van der Waals surface area (Å²) in [4.78, 5) is 26.5. The number of rotatable bonds is 12. The van der Waals surface area contributed by atoms with Crippen LogP contribution >= 0.6 is 0 Å². The molecule has 1 fully saturated rings. The van der Waals surface area contributed by atoms with E-state index in [9.17, 15) is 9.59 Å². The van der Waals surface area contributed by atoms with E-state index in [2.05, 4.69) is 22.0 Å². The van der Waals surface area contributed by atoms with Gasteiger partial charge >= 0.3 is 6.09 Å². The van der Waals surface area contributed by atoms with Crippen LogP contribution < -0.4 is 20.7 Å². The van der Waals surface area contributed by atoms with E-state index in [0.29, 0.717) is 43.1 Å². The Bertz CT molecular complexity index is 1570. The molecule has 46 heavy (non-hydrogen) atoms. The van der Waals surface area contributed by atoms with Gasteiger partial charge in [0.05, 0.1) is 24.8 Å². The van der Waals surface area contributed by atoms with Crippen LogP contribution in [-0.4, -0.2) is 57.1 Å². The summed E-state index contributed by atoms with van der Waals surface area (Å²) in [5.41, 5.74) is 4.00. The van der Waals surface area contributed by atoms with Gasteiger partial charge in [-0.25, -0.2) is 4.79 Å². The lowest BCUT2D eigenvalue weighted by atomic mass is 9.84. The Morgan fingerprint density at radius 1 is 0.891 bits per heavy atom. The summed E-state index contributed by atoms with van der Waals surface area (Å²) in [5, 5.41) is 18.3. The number of hydrogen-bond donors (Lipinski definition) is 3. The van der Waals surface area contributed by atoms with Crippen molar-refractivity contribution in [1.82, 2.24) is 10.6 Å². The fraction of sp³-hybridized carbons (Fsp3) is 0.270. The fourth-order valence-electron chi connectivity index (χ4n) is 5.63. The normalized spacial score (nSPS) is 16.5. The minimum Gasteiger partial charge on any atom is -0.491 e. The molecule has 1 saturated heterocycles. The monoisotopic (exact) mass is 618 g/mol. The number of aryl methyl sites for hydroxylation is 1. The number of nitriles is 1. The number of morpholine rings is 1. The van der Waals surface area contributed by atoms with E-state index < -0.39 is 18.1 Å². The Hall–Kier alpha value is -5.17. The van der Waals surface area contributed by atoms with Crippen molar-refractivity contribution in [2.45, 2.75) is 37.0 Å². The molecule has 5 rings (SSSR count). The van der Waals surface area contributed by atoms with Crippen LogP contribution in [0.2, 0.25) is 0 Å². The van der Waals surface area contributed by atoms with Crippen molar-refractivity contribution in [2.75, 3.05) is 32.1 Å². The highest BCUT2D eigenvalue weighted by Gasteiger charge is 2.33. The van der Waals surface area contributed by atoms with Crippen molar-refractivity contribution in [1.29, 1.82) is 5.26 Å². The van der Waals surface area contributed by atoms with Crippen LogP contribution in [0.3, 0.4) is 0 Å². The minimum atomic E-state index is -0.951. The number of carbonyl (C=O) groups excluding carboxylic acids is 2. The standard InChI is InChI=1S/C37H38N4O5/c1-44-37(43)41-35(34(28-11-4-2-5-12-28)29-13-6-3-7-14-29)36(42)40-33-15-9-8-10-27(33)18-21-31-23-39-24-32(46-31)25-45-30-19-16-26(22-38)17-20-30/h2-17,19-20,31-32,34-35,39H,18,21,23-25H2,1H3,(H,40,42)(H,41,43)/t31-,32+,35?/m1/s1. The predicted octanol–water partition coefficient (Wildman–Crippen LogP) is 5.42. The molecule has 9 nitrogen and oxygen atoms in total. The number of nitrogens with one attached hydrogen (secondary N) is 3. The van der Waals surface area contributed by atoms with Gasteiger partial charge in [-0.1, -0.05) is 78.9 Å². The molecule has 0 bridgehead atoms. The minimum absolute atomic E-state index is 0.0404. The van der Waals surface area contributed by atoms with Gasteiger partial charge in [0.15, 0.2) is 0 Å². The topological polar surface area (TPSA) is 122 Å². The number of methoxy groups -OCH3 is 1. The van der Waals surface area contributed by atoms with Gasteiger partial charge in [0.25, 0.3) is 0 Å². The lowest BCUT2D eigenvalue weighted by Crippen LogP contribution is -2.48. The second-order valence-electron chi connectivity index (χ2n) is 11.1. The highest BCUT2D eigenvalue weighted by atomic mass is 16.5. The highest BCUT2D eigenvalue weighted by molar-refractivity contribution is 5.98. The molecular weight excluding hydrogens is 580 g/mol. The summed E-state index contributed by atoms with van der Waals surface area (Å²) in [7, 11) is 1.28. The quantitative estimate of drug-likeness (QED) is 0.194. The number of carbonyl (C=O) groups is 2. The Balaban J connectivity index is 1.26. The molecule has 0 radical (unpaired) electrons. The molecule has 1 heterocycles. The largest absolute Gasteiger partial charge is 0.491 e. The van der Waals surface area contributed by atoms with Crippen molar-refractivity contribution in [3.05, 3.63) is 131 Å². The van der Waals surface area contributed by atoms with Gasteiger partial charge in [-0.15, -0.1) is 0 Å². The van der Waals surface area contributed by atoms with Crippen molar-refractivity contribution in [3.8, 4) is 11.8 Å². The van der Waals surface area contributed by atoms with Crippen LogP contribution in [0.4, 0.5) is 10.5 Å². The molecule has 0 saturated carbocycles. The molecule has 0 aliphatic carbocycles. The SMILES string of the molecule is COC(=O)NC(C(=O)Nc1ccccc1CC[C@@H]1CNC[C@@H](COc2ccc(C#N)cc2)O1)C(c1ccccc1)c1ccccc1. The van der Waals surface area contributed by atoms with Gasteiger partial charge in [-0.05, 0) is 59.9 Å². The first-order valence-corrected chi connectivity index (χ1v) is 15.4. The number of ether oxygens (including phenoxy) is 3. The van der Waals surface area contributed by atoms with E-state index in [0.717, 1.165) is 23.1 Å². The third-order valence-electron chi connectivity index (χ3n) is 7.95. The highest BCUT2D eigenvalue weighted by Crippen LogP contribution is 2.30. The first-order valence-electron chi connectivity index (χ1n) is 15.4. The third kappa shape index (κ3) is 8.72. The van der Waals surface area contributed by atoms with E-state index in [-0.39, 0.29) is 18.1 Å². The van der Waals surface area contributed by atoms with E-state index in [1.807, 2.05) is 84.9 Å². The fourth-order valence-corrected chi connectivity index (χ4v) is 5.63. The van der Waals surface area contributed by atoms with Crippen LogP contribution in [0, 0.1) is 11.3 Å². The molecular formula is C37H38N4O5. The molecule has 0 spiro atoms. The summed E-state index contributed by atoms with van der Waals surface area (Å²) in [6, 6.07) is 35.2. The number of nitrogens with zero attached hydrogens (tertiary/aromatic N) is 1. The number of benzene rings is 4. The van der Waals surface area contributed by atoms with E-state index >= 15 is 0 Å². The summed E-state index contributed by atoms with van der Waals surface area (Å²) < 4.78 is 17.2. The molecule has 236 valence electrons. The van der Waals surface area contributed by atoms with Gasteiger partial charge in [0.2, 0.25) is 5.91 Å². The Kier molecular flexibility index (Phi) is 11.4. The molecule has 4 aromatic rings. The Morgan fingerprint density at radius 2 is 1.52 bits per heavy atom. The van der Waals surface area contributed by atoms with Crippen LogP contribution in [0.5, 0.6) is 5.75 Å². The Labute approximate surface area is 269 Å². The van der Waals surface area contributed by atoms with Gasteiger partial charge in [0.1, 0.15) is 24.5 Å². The Morgan fingerprint density at radius 3 is 2.17 bits per heavy atom. The summed E-state index contributed by atoms with van der Waals surface area (Å²) in [5.74, 6) is -0.124. The van der Waals surface area contributed by atoms with Crippen molar-refractivity contribution >= 4 is 17.7 Å². The second-order valence-corrected chi connectivity index (χ2v) is 11.1. The van der Waals surface area contributed by atoms with Crippen molar-refractivity contribution in [2.24, 2.45) is 0 Å². The van der Waals surface area contributed by atoms with E-state index in [4.69, 9.17) is 19.5 Å². The van der Waals surface area contributed by atoms with Gasteiger partial charge in [-0.3, -0.25) is 4.79 Å². The summed E-state index contributed by atoms with van der Waals surface area (Å²) in [6.45, 7) is 1.78. The van der Waals surface area contributed by atoms with E-state index in [1.165, 1.54) is 7.11 Å². The molecule has 9 heteroatoms. The molecule has 1 aliphatic rings. The molecule has 1 unspecified atom stereocenters. The second kappa shape index (κ2) is 16.2. The lowest BCUT2D eigenvalue weighted by Gasteiger charge is -2.31. The predicted molar refractivity (Wildman–Crippen MR) is 176 cm³/mol. The first kappa shape index (κ1) is 32.2. The smallest absolute Gasteiger partial charge is 0.407 e. The van der Waals surface area contributed by atoms with Gasteiger partial charge in [-0.2, -0.15) is 5.26 Å². The van der Waals surface area contributed by atoms with Crippen molar-refractivity contribution < 1.29 is 23.8 Å². The van der Waals surface area contributed by atoms with E-state index in [1.54, 1.807) is 24.3 Å². The molecule has 2 amide bonds.